The summed E-state index contributed by atoms with van der Waals surface area (Å²) in [7, 11) is 0. The van der Waals surface area contributed by atoms with Gasteiger partial charge in [0.2, 0.25) is 5.88 Å². The number of aromatic amines is 1. The number of hydrogen-bond acceptors (Lipinski definition) is 4. The maximum absolute atomic E-state index is 14.6. The second-order valence-electron chi connectivity index (χ2n) is 7.33. The lowest BCUT2D eigenvalue weighted by atomic mass is 10.0. The quantitative estimate of drug-likeness (QED) is 0.555. The third-order valence-corrected chi connectivity index (χ3v) is 5.37. The molecule has 0 spiro atoms. The number of hydrogen-bond donors (Lipinski definition) is 1. The van der Waals surface area contributed by atoms with Crippen molar-refractivity contribution in [2.45, 2.75) is 18.4 Å². The van der Waals surface area contributed by atoms with Gasteiger partial charge in [0, 0.05) is 29.8 Å². The minimum absolute atomic E-state index is 0.0714. The normalized spacial score (nSPS) is 18.6. The van der Waals surface area contributed by atoms with Crippen LogP contribution in [0.5, 0.6) is 5.88 Å². The van der Waals surface area contributed by atoms with Gasteiger partial charge in [-0.2, -0.15) is 5.10 Å². The molecule has 1 amide bonds. The molecule has 1 N–H and O–H groups in total. The topological polar surface area (TPSA) is 71.1 Å². The van der Waals surface area contributed by atoms with Crippen LogP contribution in [0.25, 0.3) is 21.8 Å². The first-order valence-corrected chi connectivity index (χ1v) is 9.64. The summed E-state index contributed by atoms with van der Waals surface area (Å²) in [6.45, 7) is -0.320. The number of amides is 1. The van der Waals surface area contributed by atoms with Crippen LogP contribution in [-0.4, -0.2) is 51.1 Å². The highest BCUT2D eigenvalue weighted by Crippen LogP contribution is 2.32. The molecule has 152 valence electrons. The molecule has 1 aliphatic rings. The van der Waals surface area contributed by atoms with Crippen molar-refractivity contribution in [3.8, 4) is 5.88 Å². The summed E-state index contributed by atoms with van der Waals surface area (Å²) in [4.78, 5) is 18.7. The number of ether oxygens (including phenoxy) is 1. The molecule has 5 rings (SSSR count). The molecule has 0 bridgehead atoms. The maximum atomic E-state index is 14.6. The number of carbonyl (C=O) groups excluding carboxylic acids is 1. The molecule has 0 saturated carbocycles. The average molecular weight is 408 g/mol. The molecular weight excluding hydrogens is 390 g/mol. The first-order chi connectivity index (χ1) is 14.5. The highest BCUT2D eigenvalue weighted by molar-refractivity contribution is 6.04. The molecule has 8 heteroatoms. The fourth-order valence-electron chi connectivity index (χ4n) is 3.71. The zero-order chi connectivity index (χ0) is 20.7. The van der Waals surface area contributed by atoms with Gasteiger partial charge in [-0.1, -0.05) is 36.4 Å². The summed E-state index contributed by atoms with van der Waals surface area (Å²) < 4.78 is 34.8. The smallest absolute Gasteiger partial charge is 0.287 e. The molecule has 1 fully saturated rings. The minimum Gasteiger partial charge on any atom is -0.466 e. The minimum atomic E-state index is -3.07. The Labute approximate surface area is 170 Å². The molecule has 4 aromatic rings. The van der Waals surface area contributed by atoms with Crippen molar-refractivity contribution in [1.29, 1.82) is 0 Å². The Hall–Kier alpha value is -3.55. The van der Waals surface area contributed by atoms with Crippen LogP contribution in [0.2, 0.25) is 0 Å². The highest BCUT2D eigenvalue weighted by Gasteiger charge is 2.47. The maximum Gasteiger partial charge on any atom is 0.287 e. The SMILES string of the molecule is O=C(c1n[nH]c2ccccc12)N1CCC(F)(F)C(Oc2ccc3ccccc3n2)C1. The molecule has 0 aliphatic carbocycles. The number of aromatic nitrogens is 3. The van der Waals surface area contributed by atoms with Gasteiger partial charge in [0.1, 0.15) is 0 Å². The Kier molecular flexibility index (Phi) is 4.34. The van der Waals surface area contributed by atoms with E-state index in [0.717, 1.165) is 10.9 Å². The number of alkyl halides is 2. The second-order valence-corrected chi connectivity index (χ2v) is 7.33. The van der Waals surface area contributed by atoms with E-state index in [2.05, 4.69) is 15.2 Å². The first kappa shape index (κ1) is 18.5. The van der Waals surface area contributed by atoms with Gasteiger partial charge in [0.05, 0.1) is 17.6 Å². The van der Waals surface area contributed by atoms with Crippen molar-refractivity contribution in [1.82, 2.24) is 20.1 Å². The monoisotopic (exact) mass is 408 g/mol. The van der Waals surface area contributed by atoms with Gasteiger partial charge in [-0.25, -0.2) is 13.8 Å². The Balaban J connectivity index is 1.39. The highest BCUT2D eigenvalue weighted by atomic mass is 19.3. The zero-order valence-corrected chi connectivity index (χ0v) is 15.9. The number of rotatable bonds is 3. The molecule has 2 aromatic carbocycles. The largest absolute Gasteiger partial charge is 0.466 e. The number of H-pyrrole nitrogens is 1. The number of halogens is 2. The average Bonchev–Trinajstić information content (AvgIpc) is 3.19. The predicted octanol–water partition coefficient (Wildman–Crippen LogP) is 4.04. The summed E-state index contributed by atoms with van der Waals surface area (Å²) in [5.41, 5.74) is 1.60. The van der Waals surface area contributed by atoms with E-state index < -0.39 is 24.4 Å². The Morgan fingerprint density at radius 3 is 2.80 bits per heavy atom. The fraction of sp³-hybridized carbons (Fsp3) is 0.227. The van der Waals surface area contributed by atoms with Crippen LogP contribution >= 0.6 is 0 Å². The van der Waals surface area contributed by atoms with Gasteiger partial charge in [-0.05, 0) is 18.2 Å². The lowest BCUT2D eigenvalue weighted by molar-refractivity contribution is -0.131. The molecule has 1 saturated heterocycles. The molecule has 1 unspecified atom stereocenters. The summed E-state index contributed by atoms with van der Waals surface area (Å²) in [6, 6.07) is 17.9. The van der Waals surface area contributed by atoms with Crippen molar-refractivity contribution < 1.29 is 18.3 Å². The van der Waals surface area contributed by atoms with Crippen molar-refractivity contribution in [3.05, 3.63) is 66.4 Å². The Morgan fingerprint density at radius 1 is 1.10 bits per heavy atom. The van der Waals surface area contributed by atoms with Gasteiger partial charge < -0.3 is 9.64 Å². The number of piperidine rings is 1. The number of nitrogens with zero attached hydrogens (tertiary/aromatic N) is 3. The summed E-state index contributed by atoms with van der Waals surface area (Å²) in [5, 5.41) is 8.45. The van der Waals surface area contributed by atoms with E-state index in [1.807, 2.05) is 24.3 Å². The van der Waals surface area contributed by atoms with Crippen LogP contribution in [0.4, 0.5) is 8.78 Å². The van der Waals surface area contributed by atoms with Gasteiger partial charge in [0.25, 0.3) is 11.8 Å². The van der Waals surface area contributed by atoms with E-state index in [9.17, 15) is 13.6 Å². The number of benzene rings is 2. The van der Waals surface area contributed by atoms with Gasteiger partial charge >= 0.3 is 0 Å². The van der Waals surface area contributed by atoms with Crippen LogP contribution in [-0.2, 0) is 0 Å². The standard InChI is InChI=1S/C22H18F2N4O2/c23-22(24)11-12-28(21(29)20-15-6-2-4-8-17(15)26-27-20)13-18(22)30-19-10-9-14-5-1-3-7-16(14)25-19/h1-10,18H,11-13H2,(H,26,27). The summed E-state index contributed by atoms with van der Waals surface area (Å²) in [6.07, 6.45) is -1.98. The van der Waals surface area contributed by atoms with Crippen LogP contribution < -0.4 is 4.74 Å². The van der Waals surface area contributed by atoms with E-state index in [0.29, 0.717) is 10.9 Å². The molecule has 3 heterocycles. The van der Waals surface area contributed by atoms with Crippen LogP contribution in [0.15, 0.2) is 60.7 Å². The van der Waals surface area contributed by atoms with Crippen molar-refractivity contribution in [2.75, 3.05) is 13.1 Å². The molecule has 2 aromatic heterocycles. The molecule has 1 atom stereocenters. The van der Waals surface area contributed by atoms with Crippen molar-refractivity contribution in [2.24, 2.45) is 0 Å². The van der Waals surface area contributed by atoms with E-state index in [1.165, 1.54) is 4.90 Å². The number of fused-ring (bicyclic) bond motifs is 2. The molecular formula is C22H18F2N4O2. The predicted molar refractivity (Wildman–Crippen MR) is 108 cm³/mol. The van der Waals surface area contributed by atoms with Crippen LogP contribution in [0.3, 0.4) is 0 Å². The van der Waals surface area contributed by atoms with E-state index in [4.69, 9.17) is 4.74 Å². The number of nitrogens with one attached hydrogen (secondary N) is 1. The lowest BCUT2D eigenvalue weighted by Crippen LogP contribution is -2.55. The van der Waals surface area contributed by atoms with Gasteiger partial charge in [-0.3, -0.25) is 9.89 Å². The van der Waals surface area contributed by atoms with E-state index in [-0.39, 0.29) is 24.7 Å². The van der Waals surface area contributed by atoms with E-state index in [1.54, 1.807) is 36.4 Å². The molecule has 30 heavy (non-hydrogen) atoms. The first-order valence-electron chi connectivity index (χ1n) is 9.64. The number of likely N-dealkylation sites (tertiary alicyclic amines) is 1. The van der Waals surface area contributed by atoms with E-state index >= 15 is 0 Å². The Bertz CT molecular complexity index is 1240. The van der Waals surface area contributed by atoms with Crippen LogP contribution in [0.1, 0.15) is 16.9 Å². The fourth-order valence-corrected chi connectivity index (χ4v) is 3.71. The molecule has 6 nitrogen and oxygen atoms in total. The summed E-state index contributed by atoms with van der Waals surface area (Å²) in [5.74, 6) is -3.36. The lowest BCUT2D eigenvalue weighted by Gasteiger charge is -2.37. The van der Waals surface area contributed by atoms with Crippen molar-refractivity contribution >= 4 is 27.7 Å². The third kappa shape index (κ3) is 3.24. The van der Waals surface area contributed by atoms with Crippen LogP contribution in [0, 0.1) is 0 Å². The Morgan fingerprint density at radius 2 is 1.90 bits per heavy atom. The summed E-state index contributed by atoms with van der Waals surface area (Å²) >= 11 is 0. The third-order valence-electron chi connectivity index (χ3n) is 5.37. The number of pyridine rings is 1. The van der Waals surface area contributed by atoms with Crippen molar-refractivity contribution in [3.63, 3.8) is 0 Å². The van der Waals surface area contributed by atoms with Gasteiger partial charge in [-0.15, -0.1) is 0 Å². The number of para-hydroxylation sites is 2. The van der Waals surface area contributed by atoms with Gasteiger partial charge in [0.15, 0.2) is 11.8 Å². The number of carbonyl (C=O) groups is 1. The zero-order valence-electron chi connectivity index (χ0n) is 15.9. The molecule has 0 radical (unpaired) electrons. The molecule has 1 aliphatic heterocycles. The second kappa shape index (κ2) is 7.05.